The van der Waals surface area contributed by atoms with Gasteiger partial charge in [0.25, 0.3) is 0 Å². The summed E-state index contributed by atoms with van der Waals surface area (Å²) in [7, 11) is 1.21. The zero-order chi connectivity index (χ0) is 22.1. The molecule has 8 heteroatoms. The molecule has 156 valence electrons. The number of hydrogen-bond acceptors (Lipinski definition) is 5. The number of pyridine rings is 1. The molecule has 1 heterocycles. The van der Waals surface area contributed by atoms with Crippen LogP contribution < -0.4 is 0 Å². The Balaban J connectivity index is 2.94. The van der Waals surface area contributed by atoms with Crippen molar-refractivity contribution in [1.82, 2.24) is 4.98 Å². The van der Waals surface area contributed by atoms with Gasteiger partial charge in [-0.1, -0.05) is 11.6 Å². The van der Waals surface area contributed by atoms with Crippen molar-refractivity contribution in [2.45, 2.75) is 46.3 Å². The highest BCUT2D eigenvalue weighted by Crippen LogP contribution is 2.39. The van der Waals surface area contributed by atoms with Crippen molar-refractivity contribution in [3.05, 3.63) is 51.6 Å². The van der Waals surface area contributed by atoms with Crippen LogP contribution in [0.15, 0.2) is 18.2 Å². The lowest BCUT2D eigenvalue weighted by Gasteiger charge is -2.29. The lowest BCUT2D eigenvalue weighted by atomic mass is 9.89. The van der Waals surface area contributed by atoms with Crippen molar-refractivity contribution in [3.63, 3.8) is 0 Å². The Labute approximate surface area is 173 Å². The summed E-state index contributed by atoms with van der Waals surface area (Å²) < 4.78 is 25.7. The fourth-order valence-corrected chi connectivity index (χ4v) is 3.23. The molecule has 1 aromatic carbocycles. The van der Waals surface area contributed by atoms with Crippen molar-refractivity contribution in [2.75, 3.05) is 7.11 Å². The first kappa shape index (κ1) is 22.8. The zero-order valence-corrected chi connectivity index (χ0v) is 17.8. The number of aromatic carboxylic acids is 1. The predicted molar refractivity (Wildman–Crippen MR) is 107 cm³/mol. The van der Waals surface area contributed by atoms with Gasteiger partial charge >= 0.3 is 11.9 Å². The van der Waals surface area contributed by atoms with E-state index in [1.807, 2.05) is 0 Å². The number of carbonyl (C=O) groups is 2. The fraction of sp³-hybridized carbons (Fsp3) is 0.381. The second kappa shape index (κ2) is 8.47. The summed E-state index contributed by atoms with van der Waals surface area (Å²) in [4.78, 5) is 28.4. The van der Waals surface area contributed by atoms with Crippen molar-refractivity contribution < 1.29 is 28.6 Å². The molecular weight excluding hydrogens is 401 g/mol. The van der Waals surface area contributed by atoms with E-state index in [4.69, 9.17) is 21.1 Å². The van der Waals surface area contributed by atoms with E-state index in [1.165, 1.54) is 26.2 Å². The number of benzene rings is 1. The van der Waals surface area contributed by atoms with Gasteiger partial charge in [-0.2, -0.15) is 0 Å². The molecule has 0 saturated carbocycles. The van der Waals surface area contributed by atoms with Gasteiger partial charge in [0.05, 0.1) is 12.7 Å². The van der Waals surface area contributed by atoms with E-state index in [0.29, 0.717) is 0 Å². The molecule has 0 radical (unpaired) electrons. The van der Waals surface area contributed by atoms with E-state index in [0.717, 1.165) is 6.07 Å². The first-order valence-corrected chi connectivity index (χ1v) is 9.20. The molecule has 0 spiro atoms. The van der Waals surface area contributed by atoms with Gasteiger partial charge in [-0.3, -0.25) is 0 Å². The van der Waals surface area contributed by atoms with E-state index in [2.05, 4.69) is 4.98 Å². The third-order valence-electron chi connectivity index (χ3n) is 4.22. The lowest BCUT2D eigenvalue weighted by Crippen LogP contribution is -2.30. The molecule has 1 unspecified atom stereocenters. The Kier molecular flexibility index (Phi) is 6.65. The minimum Gasteiger partial charge on any atom is -0.477 e. The minimum atomic E-state index is -1.26. The van der Waals surface area contributed by atoms with Crippen LogP contribution in [0, 0.1) is 19.7 Å². The van der Waals surface area contributed by atoms with Crippen molar-refractivity contribution in [1.29, 1.82) is 0 Å². The Morgan fingerprint density at radius 2 is 1.86 bits per heavy atom. The van der Waals surface area contributed by atoms with Gasteiger partial charge in [-0.25, -0.2) is 19.0 Å². The van der Waals surface area contributed by atoms with Gasteiger partial charge in [0.15, 0.2) is 11.8 Å². The van der Waals surface area contributed by atoms with Gasteiger partial charge in [0, 0.05) is 21.8 Å². The number of nitrogens with zero attached hydrogens (tertiary/aromatic N) is 1. The van der Waals surface area contributed by atoms with Gasteiger partial charge in [0.2, 0.25) is 0 Å². The lowest BCUT2D eigenvalue weighted by molar-refractivity contribution is -0.164. The second-order valence-electron chi connectivity index (χ2n) is 7.52. The molecule has 0 aliphatic heterocycles. The van der Waals surface area contributed by atoms with E-state index in [-0.39, 0.29) is 38.7 Å². The zero-order valence-electron chi connectivity index (χ0n) is 17.1. The fourth-order valence-electron chi connectivity index (χ4n) is 3.07. The van der Waals surface area contributed by atoms with Gasteiger partial charge in [0.1, 0.15) is 5.82 Å². The second-order valence-corrected chi connectivity index (χ2v) is 7.96. The molecule has 0 aliphatic carbocycles. The van der Waals surface area contributed by atoms with E-state index >= 15 is 0 Å². The largest absolute Gasteiger partial charge is 0.477 e. The monoisotopic (exact) mass is 423 g/mol. The van der Waals surface area contributed by atoms with E-state index < -0.39 is 29.5 Å². The highest BCUT2D eigenvalue weighted by molar-refractivity contribution is 6.30. The molecular formula is C21H23ClFNO5. The number of carbonyl (C=O) groups excluding carboxylic acids is 1. The number of esters is 1. The van der Waals surface area contributed by atoms with Crippen LogP contribution in [0.5, 0.6) is 0 Å². The van der Waals surface area contributed by atoms with Gasteiger partial charge in [-0.05, 0) is 63.9 Å². The highest BCUT2D eigenvalue weighted by Gasteiger charge is 2.34. The molecule has 2 rings (SSSR count). The van der Waals surface area contributed by atoms with Crippen molar-refractivity contribution in [2.24, 2.45) is 0 Å². The quantitative estimate of drug-likeness (QED) is 0.689. The topological polar surface area (TPSA) is 85.7 Å². The molecule has 1 atom stereocenters. The third kappa shape index (κ3) is 4.92. The molecule has 6 nitrogen and oxygen atoms in total. The van der Waals surface area contributed by atoms with E-state index in [9.17, 15) is 19.1 Å². The summed E-state index contributed by atoms with van der Waals surface area (Å²) in [5, 5.41) is 9.73. The molecule has 0 aliphatic rings. The SMILES string of the molecule is COC(=O)C(OC(C)(C)C)c1c(C)nc(C(=O)O)c(C)c1-c1ccc(Cl)cc1F. The van der Waals surface area contributed by atoms with Crippen LogP contribution in [-0.2, 0) is 14.3 Å². The maximum absolute atomic E-state index is 14.8. The Bertz CT molecular complexity index is 969. The van der Waals surface area contributed by atoms with Crippen molar-refractivity contribution >= 4 is 23.5 Å². The number of hydrogen-bond donors (Lipinski definition) is 1. The number of ether oxygens (including phenoxy) is 2. The molecule has 2 aromatic rings. The number of aromatic nitrogens is 1. The van der Waals surface area contributed by atoms with Crippen LogP contribution >= 0.6 is 11.6 Å². The highest BCUT2D eigenvalue weighted by atomic mass is 35.5. The summed E-state index contributed by atoms with van der Waals surface area (Å²) in [6, 6.07) is 4.03. The number of rotatable bonds is 5. The van der Waals surface area contributed by atoms with Crippen LogP contribution in [0.2, 0.25) is 5.02 Å². The normalized spacial score (nSPS) is 12.6. The first-order valence-electron chi connectivity index (χ1n) is 8.82. The number of carboxylic acids is 1. The van der Waals surface area contributed by atoms with E-state index in [1.54, 1.807) is 27.7 Å². The summed E-state index contributed by atoms with van der Waals surface area (Å²) >= 11 is 5.87. The molecule has 1 aromatic heterocycles. The summed E-state index contributed by atoms with van der Waals surface area (Å²) in [5.41, 5.74) is -0.0289. The molecule has 0 bridgehead atoms. The van der Waals surface area contributed by atoms with Gasteiger partial charge < -0.3 is 14.6 Å². The molecule has 0 fully saturated rings. The number of carboxylic acid groups (broad SMARTS) is 1. The Morgan fingerprint density at radius 3 is 2.34 bits per heavy atom. The summed E-state index contributed by atoms with van der Waals surface area (Å²) in [6.07, 6.45) is -1.24. The van der Waals surface area contributed by atoms with Crippen LogP contribution in [-0.4, -0.2) is 34.7 Å². The Morgan fingerprint density at radius 1 is 1.24 bits per heavy atom. The summed E-state index contributed by atoms with van der Waals surface area (Å²) in [5.74, 6) is -2.63. The molecule has 29 heavy (non-hydrogen) atoms. The smallest absolute Gasteiger partial charge is 0.354 e. The van der Waals surface area contributed by atoms with Crippen LogP contribution in [0.25, 0.3) is 11.1 Å². The molecule has 0 saturated heterocycles. The Hall–Kier alpha value is -2.51. The number of methoxy groups -OCH3 is 1. The van der Waals surface area contributed by atoms with Crippen LogP contribution in [0.4, 0.5) is 4.39 Å². The average molecular weight is 424 g/mol. The van der Waals surface area contributed by atoms with Crippen molar-refractivity contribution in [3.8, 4) is 11.1 Å². The minimum absolute atomic E-state index is 0.0845. The average Bonchev–Trinajstić information content (AvgIpc) is 2.60. The maximum Gasteiger partial charge on any atom is 0.354 e. The number of aryl methyl sites for hydroxylation is 1. The first-order chi connectivity index (χ1) is 13.4. The third-order valence-corrected chi connectivity index (χ3v) is 4.46. The predicted octanol–water partition coefficient (Wildman–Crippen LogP) is 4.89. The number of halogens is 2. The molecule has 1 N–H and O–H groups in total. The molecule has 0 amide bonds. The van der Waals surface area contributed by atoms with Gasteiger partial charge in [-0.15, -0.1) is 0 Å². The van der Waals surface area contributed by atoms with Crippen LogP contribution in [0.1, 0.15) is 54.2 Å². The maximum atomic E-state index is 14.8. The standard InChI is InChI=1S/C21H23ClFNO5/c1-10-15(13-8-7-12(22)9-14(13)23)16(11(2)24-17(10)19(25)26)18(20(27)28-6)29-21(3,4)5/h7-9,18H,1-6H3,(H,25,26). The van der Waals surface area contributed by atoms with Crippen LogP contribution in [0.3, 0.4) is 0 Å². The summed E-state index contributed by atoms with van der Waals surface area (Å²) in [6.45, 7) is 8.32.